The van der Waals surface area contributed by atoms with Crippen LogP contribution < -0.4 is 28.4 Å². The highest BCUT2D eigenvalue weighted by atomic mass is 32.1. The van der Waals surface area contributed by atoms with Gasteiger partial charge in [-0.15, -0.1) is 34.0 Å². The number of phenols is 5. The average Bonchev–Trinajstić information content (AvgIpc) is 1.64. The first-order chi connectivity index (χ1) is 52.5. The monoisotopic (exact) mass is 1510 g/mol. The summed E-state index contributed by atoms with van der Waals surface area (Å²) < 4.78 is 38.9. The first-order valence-corrected chi connectivity index (χ1v) is 39.4. The summed E-state index contributed by atoms with van der Waals surface area (Å²) in [6.45, 7) is 20.2. The number of nitrogens with zero attached hydrogens (tertiary/aromatic N) is 3. The zero-order chi connectivity index (χ0) is 75.2. The van der Waals surface area contributed by atoms with Crippen LogP contribution in [0.1, 0.15) is 111 Å². The molecule has 3 atom stereocenters. The van der Waals surface area contributed by atoms with Crippen LogP contribution in [-0.4, -0.2) is 136 Å². The summed E-state index contributed by atoms with van der Waals surface area (Å²) in [6.07, 6.45) is 7.56. The fourth-order valence-corrected chi connectivity index (χ4v) is 17.2. The second kappa shape index (κ2) is 35.5. The molecule has 558 valence electrons. The lowest BCUT2D eigenvalue weighted by Crippen LogP contribution is -2.26. The molecule has 108 heavy (non-hydrogen) atoms. The molecule has 9 aromatic carbocycles. The van der Waals surface area contributed by atoms with Gasteiger partial charge in [-0.1, -0.05) is 70.4 Å². The van der Waals surface area contributed by atoms with Crippen molar-refractivity contribution in [1.82, 2.24) is 14.7 Å². The van der Waals surface area contributed by atoms with E-state index in [1.807, 2.05) is 91.0 Å². The third-order valence-corrected chi connectivity index (χ3v) is 23.5. The summed E-state index contributed by atoms with van der Waals surface area (Å²) >= 11 is 3.87. The number of hydrogen-bond acceptors (Lipinski definition) is 20. The smallest absolute Gasteiger partial charge is 0.207 e. The molecule has 0 spiro atoms. The van der Waals surface area contributed by atoms with E-state index in [-0.39, 0.29) is 46.1 Å². The molecule has 15 rings (SSSR count). The number of carbonyl (C=O) groups is 3. The Balaban J connectivity index is 0.000000143. The summed E-state index contributed by atoms with van der Waals surface area (Å²) in [6, 6.07) is 57.3. The molecule has 3 aliphatic heterocycles. The molecule has 0 unspecified atom stereocenters. The van der Waals surface area contributed by atoms with E-state index in [1.165, 1.54) is 97.3 Å². The number of phenolic OH excluding ortho intramolecular Hbond substituents is 5. The van der Waals surface area contributed by atoms with Gasteiger partial charge in [-0.05, 0) is 239 Å². The van der Waals surface area contributed by atoms with Gasteiger partial charge >= 0.3 is 0 Å². The Kier molecular flexibility index (Phi) is 24.9. The summed E-state index contributed by atoms with van der Waals surface area (Å²) in [7, 11) is 0. The number of rotatable bonds is 27. The minimum absolute atomic E-state index is 0.0946. The minimum atomic E-state index is -0.210. The summed E-state index contributed by atoms with van der Waals surface area (Å²) in [5.74, 6) is 8.08. The summed E-state index contributed by atoms with van der Waals surface area (Å²) in [5, 5.41) is 51.5. The lowest BCUT2D eigenvalue weighted by molar-refractivity contribution is 0.103. The second-order valence-electron chi connectivity index (χ2n) is 27.6. The molecule has 6 heterocycles. The van der Waals surface area contributed by atoms with Crippen LogP contribution in [0.5, 0.6) is 80.5 Å². The third-order valence-electron chi connectivity index (χ3n) is 20.1. The molecule has 17 nitrogen and oxygen atoms in total. The molecule has 3 saturated heterocycles. The number of fused-ring (bicyclic) bond motifs is 3. The van der Waals surface area contributed by atoms with Gasteiger partial charge in [0, 0.05) is 86.2 Å². The number of thiophene rings is 3. The van der Waals surface area contributed by atoms with Gasteiger partial charge in [0.2, 0.25) is 17.3 Å². The largest absolute Gasteiger partial charge is 0.508 e. The zero-order valence-corrected chi connectivity index (χ0v) is 63.4. The molecular weight excluding hydrogens is 1420 g/mol. The molecule has 3 aromatic heterocycles. The molecule has 12 aromatic rings. The average molecular weight is 1510 g/mol. The predicted octanol–water partition coefficient (Wildman–Crippen LogP) is 19.9. The van der Waals surface area contributed by atoms with E-state index in [0.717, 1.165) is 118 Å². The van der Waals surface area contributed by atoms with Gasteiger partial charge in [-0.25, -0.2) is 0 Å². The maximum absolute atomic E-state index is 13.5. The van der Waals surface area contributed by atoms with E-state index >= 15 is 0 Å². The van der Waals surface area contributed by atoms with E-state index in [2.05, 4.69) is 35.5 Å². The third kappa shape index (κ3) is 18.9. The van der Waals surface area contributed by atoms with Crippen molar-refractivity contribution in [3.63, 3.8) is 0 Å². The lowest BCUT2D eigenvalue weighted by Gasteiger charge is -2.16. The Morgan fingerprint density at radius 2 is 0.685 bits per heavy atom. The minimum Gasteiger partial charge on any atom is -0.508 e. The number of aromatic hydroxyl groups is 5. The number of carbonyl (C=O) groups excluding carboxylic acids is 3. The van der Waals surface area contributed by atoms with E-state index < -0.39 is 0 Å². The Morgan fingerprint density at radius 3 is 1.03 bits per heavy atom. The number of benzene rings is 9. The molecule has 0 aliphatic carbocycles. The van der Waals surface area contributed by atoms with Crippen molar-refractivity contribution in [1.29, 1.82) is 0 Å². The van der Waals surface area contributed by atoms with Gasteiger partial charge in [-0.2, -0.15) is 0 Å². The van der Waals surface area contributed by atoms with Crippen molar-refractivity contribution < 1.29 is 68.3 Å². The topological polar surface area (TPSA) is 217 Å². The molecule has 20 heteroatoms. The van der Waals surface area contributed by atoms with Crippen LogP contribution in [0.4, 0.5) is 0 Å². The number of aryl methyl sites for hydroxylation is 1. The maximum atomic E-state index is 13.5. The van der Waals surface area contributed by atoms with Crippen LogP contribution in [0.3, 0.4) is 0 Å². The van der Waals surface area contributed by atoms with Crippen molar-refractivity contribution in [3.8, 4) is 80.5 Å². The number of ether oxygens (including phenoxy) is 6. The van der Waals surface area contributed by atoms with Gasteiger partial charge in [0.05, 0.1) is 0 Å². The van der Waals surface area contributed by atoms with Crippen molar-refractivity contribution in [2.24, 2.45) is 17.8 Å². The molecule has 0 radical (unpaired) electrons. The first kappa shape index (κ1) is 75.8. The highest BCUT2D eigenvalue weighted by Crippen LogP contribution is 2.47. The molecule has 3 aliphatic rings. The fraction of sp³-hybridized carbons (Fsp3) is 0.284. The molecule has 0 bridgehead atoms. The summed E-state index contributed by atoms with van der Waals surface area (Å²) in [5.41, 5.74) is 2.21. The summed E-state index contributed by atoms with van der Waals surface area (Å²) in [4.78, 5) is 48.9. The second-order valence-corrected chi connectivity index (χ2v) is 30.7. The normalized spacial score (nSPS) is 15.9. The zero-order valence-electron chi connectivity index (χ0n) is 61.0. The quantitative estimate of drug-likeness (QED) is 0.0302. The highest BCUT2D eigenvalue weighted by Gasteiger charge is 2.28. The molecular formula is C88H89N3O14S3. The van der Waals surface area contributed by atoms with Crippen molar-refractivity contribution in [2.45, 2.75) is 66.2 Å². The van der Waals surface area contributed by atoms with Crippen LogP contribution in [0.2, 0.25) is 0 Å². The molecule has 0 saturated carbocycles. The Morgan fingerprint density at radius 1 is 0.370 bits per heavy atom. The van der Waals surface area contributed by atoms with Crippen molar-refractivity contribution in [2.75, 3.05) is 78.7 Å². The standard InChI is InChI=1S/C30H31NO5S.C29H29NO5S.C29H29NO4S/c1-3-20-12-13-31(18-20)14-15-35-23-6-8-24(9-7-23)36-29-26-11-5-22(33)17-27(26)37-30(29)28(34)25-10-4-21(32)16-19(25)2;1-2-19-13-14-30(18-19)15-16-34-23-8-10-24(11-9-23)35-28-25-12-7-22(32)17-26(25)36-29(28)27(33)20-3-5-21(31)6-4-20;1-2-20-14-15-30(19-20)16-17-33-23-9-11-24(12-10-23)34-28-25-13-8-22(31)18-26(25)35-29(28)27(32)21-6-4-3-5-7-21/h4-11,16-17,20,32-33H,3,12-15,18H2,1-2H3;3-12,17,19,31-32H,2,13-16,18H2,1H3;3-13,18,20,31H,2,14-17,19H2,1H3/t20-;19-;20-/m111/s1. The fourth-order valence-electron chi connectivity index (χ4n) is 13.8. The van der Waals surface area contributed by atoms with Gasteiger partial charge in [0.1, 0.15) is 97.7 Å². The van der Waals surface area contributed by atoms with Gasteiger partial charge in [-0.3, -0.25) is 29.1 Å². The van der Waals surface area contributed by atoms with Crippen LogP contribution in [0.25, 0.3) is 30.3 Å². The number of likely N-dealkylation sites (tertiary alicyclic amines) is 3. The molecule has 5 N–H and O–H groups in total. The predicted molar refractivity (Wildman–Crippen MR) is 429 cm³/mol. The number of ketones is 3. The Labute approximate surface area is 640 Å². The SMILES string of the molecule is CC[C@@H]1CCN(CCOc2ccc(Oc3c(C(=O)c4ccc(O)cc4)sc4cc(O)ccc34)cc2)C1.CC[C@@H]1CCN(CCOc2ccc(Oc3c(C(=O)c4ccc(O)cc4C)sc4cc(O)ccc34)cc2)C1.CC[C@@H]1CCN(CCOc2ccc(Oc3c(C(=O)c4ccccc4)sc4cc(O)ccc34)cc2)C1. The van der Waals surface area contributed by atoms with Gasteiger partial charge in [0.25, 0.3) is 0 Å². The van der Waals surface area contributed by atoms with E-state index in [4.69, 9.17) is 28.4 Å². The Bertz CT molecular complexity index is 5060. The van der Waals surface area contributed by atoms with Crippen LogP contribution in [0.15, 0.2) is 200 Å². The van der Waals surface area contributed by atoms with Crippen molar-refractivity contribution in [3.05, 3.63) is 237 Å². The van der Waals surface area contributed by atoms with E-state index in [1.54, 1.807) is 97.9 Å². The lowest BCUT2D eigenvalue weighted by atomic mass is 10.0. The van der Waals surface area contributed by atoms with E-state index in [9.17, 15) is 39.9 Å². The van der Waals surface area contributed by atoms with Gasteiger partial charge in [0.15, 0.2) is 17.2 Å². The van der Waals surface area contributed by atoms with Crippen molar-refractivity contribution >= 4 is 81.6 Å². The van der Waals surface area contributed by atoms with Gasteiger partial charge < -0.3 is 54.0 Å². The van der Waals surface area contributed by atoms with Crippen LogP contribution in [0, 0.1) is 24.7 Å². The highest BCUT2D eigenvalue weighted by molar-refractivity contribution is 7.22. The van der Waals surface area contributed by atoms with E-state index in [0.29, 0.717) is 91.2 Å². The molecule has 0 amide bonds. The number of hydrogen-bond donors (Lipinski definition) is 5. The maximum Gasteiger partial charge on any atom is 0.207 e. The van der Waals surface area contributed by atoms with Crippen LogP contribution in [-0.2, 0) is 0 Å². The first-order valence-electron chi connectivity index (χ1n) is 36.9. The molecule has 3 fully saturated rings. The van der Waals surface area contributed by atoms with Crippen LogP contribution >= 0.6 is 34.0 Å². The Hall–Kier alpha value is -10.5.